The summed E-state index contributed by atoms with van der Waals surface area (Å²) in [6.45, 7) is 4.24. The summed E-state index contributed by atoms with van der Waals surface area (Å²) in [6.07, 6.45) is 1.29. The van der Waals surface area contributed by atoms with Gasteiger partial charge in [0.25, 0.3) is 5.91 Å². The van der Waals surface area contributed by atoms with E-state index in [1.165, 1.54) is 18.2 Å². The second-order valence-electron chi connectivity index (χ2n) is 8.16. The predicted molar refractivity (Wildman–Crippen MR) is 127 cm³/mol. The first-order chi connectivity index (χ1) is 16.6. The van der Waals surface area contributed by atoms with Crippen molar-refractivity contribution in [1.82, 2.24) is 21.3 Å². The van der Waals surface area contributed by atoms with E-state index in [-0.39, 0.29) is 23.0 Å². The number of nitrogens with one attached hydrogen (secondary N) is 4. The molecule has 0 heterocycles. The van der Waals surface area contributed by atoms with Gasteiger partial charge in [-0.3, -0.25) is 14.4 Å². The minimum Gasteiger partial charge on any atom is -0.504 e. The molecule has 0 bridgehead atoms. The number of unbranched alkanes of at least 4 members (excludes halogenated alkanes) is 1. The van der Waals surface area contributed by atoms with Gasteiger partial charge in [-0.1, -0.05) is 6.92 Å². The Labute approximate surface area is 204 Å². The van der Waals surface area contributed by atoms with Gasteiger partial charge in [-0.15, -0.1) is 0 Å². The van der Waals surface area contributed by atoms with Crippen LogP contribution in [0.15, 0.2) is 18.2 Å². The lowest BCUT2D eigenvalue weighted by atomic mass is 9.94. The minimum atomic E-state index is -2.46. The molecule has 12 heteroatoms. The quantitative estimate of drug-likeness (QED) is 0.107. The Kier molecular flexibility index (Phi) is 13.1. The molecule has 0 saturated heterocycles. The van der Waals surface area contributed by atoms with Crippen LogP contribution in [-0.2, 0) is 14.4 Å². The van der Waals surface area contributed by atoms with Gasteiger partial charge in [0.15, 0.2) is 17.1 Å². The zero-order valence-corrected chi connectivity index (χ0v) is 19.9. The van der Waals surface area contributed by atoms with Crippen molar-refractivity contribution in [2.24, 2.45) is 0 Å². The Morgan fingerprint density at radius 3 is 1.97 bits per heavy atom. The molecule has 8 N–H and O–H groups in total. The number of aromatic hydroxyl groups is 2. The number of phenols is 2. The van der Waals surface area contributed by atoms with E-state index in [4.69, 9.17) is 0 Å². The average molecular weight is 497 g/mol. The van der Waals surface area contributed by atoms with Crippen LogP contribution in [0.3, 0.4) is 0 Å². The van der Waals surface area contributed by atoms with Crippen molar-refractivity contribution in [2.75, 3.05) is 32.7 Å². The number of carboxylic acid groups (broad SMARTS) is 1. The van der Waals surface area contributed by atoms with Gasteiger partial charge in [-0.2, -0.15) is 0 Å². The number of benzene rings is 1. The van der Waals surface area contributed by atoms with E-state index in [2.05, 4.69) is 21.3 Å². The lowest BCUT2D eigenvalue weighted by Gasteiger charge is -2.22. The summed E-state index contributed by atoms with van der Waals surface area (Å²) in [5.41, 5.74) is -2.21. The highest BCUT2D eigenvalue weighted by Gasteiger charge is 2.40. The molecule has 3 amide bonds. The second-order valence-corrected chi connectivity index (χ2v) is 8.16. The van der Waals surface area contributed by atoms with Crippen LogP contribution in [0.4, 0.5) is 0 Å². The highest BCUT2D eigenvalue weighted by molar-refractivity contribution is 5.94. The first-order valence-corrected chi connectivity index (χ1v) is 11.6. The Bertz CT molecular complexity index is 864. The Hall–Kier alpha value is -3.38. The number of carbonyl (C=O) groups is 4. The fraction of sp³-hybridized carbons (Fsp3) is 0.565. The summed E-state index contributed by atoms with van der Waals surface area (Å²) in [5.74, 6) is -3.91. The van der Waals surface area contributed by atoms with E-state index in [9.17, 15) is 39.6 Å². The molecule has 196 valence electrons. The molecule has 0 radical (unpaired) electrons. The monoisotopic (exact) mass is 496 g/mol. The molecule has 35 heavy (non-hydrogen) atoms. The molecular weight excluding hydrogens is 460 g/mol. The molecule has 1 rings (SSSR count). The molecule has 0 aliphatic carbocycles. The molecule has 1 aromatic carbocycles. The highest BCUT2D eigenvalue weighted by Crippen LogP contribution is 2.24. The number of hydrogen-bond donors (Lipinski definition) is 8. The summed E-state index contributed by atoms with van der Waals surface area (Å²) >= 11 is 0. The van der Waals surface area contributed by atoms with Crippen molar-refractivity contribution in [3.63, 3.8) is 0 Å². The zero-order chi connectivity index (χ0) is 26.3. The number of aliphatic carboxylic acids is 1. The lowest BCUT2D eigenvalue weighted by Crippen LogP contribution is -2.47. The number of carbonyl (C=O) groups excluding carboxylic acids is 3. The smallest absolute Gasteiger partial charge is 0.336 e. The van der Waals surface area contributed by atoms with Gasteiger partial charge in [-0.05, 0) is 57.0 Å². The highest BCUT2D eigenvalue weighted by atomic mass is 16.4. The Morgan fingerprint density at radius 2 is 1.37 bits per heavy atom. The molecule has 0 aromatic heterocycles. The van der Waals surface area contributed by atoms with Crippen LogP contribution in [0, 0.1) is 0 Å². The summed E-state index contributed by atoms with van der Waals surface area (Å²) in [6, 6.07) is 3.84. The second kappa shape index (κ2) is 15.5. The fourth-order valence-corrected chi connectivity index (χ4v) is 3.04. The molecule has 1 aromatic rings. The molecule has 0 spiro atoms. The van der Waals surface area contributed by atoms with Crippen molar-refractivity contribution < 1.29 is 39.6 Å². The molecule has 0 aliphatic heterocycles. The number of aliphatic hydroxyl groups is 1. The Morgan fingerprint density at radius 1 is 0.800 bits per heavy atom. The Balaban J connectivity index is 2.14. The van der Waals surface area contributed by atoms with Crippen molar-refractivity contribution in [1.29, 1.82) is 0 Å². The number of phenolic OH excluding ortho intramolecular Hbond substituents is 2. The summed E-state index contributed by atoms with van der Waals surface area (Å²) in [7, 11) is 0. The number of rotatable bonds is 17. The van der Waals surface area contributed by atoms with Gasteiger partial charge < -0.3 is 41.7 Å². The number of amides is 3. The average Bonchev–Trinajstić information content (AvgIpc) is 2.80. The molecule has 12 nitrogen and oxygen atoms in total. The molecule has 1 atom stereocenters. The maximum absolute atomic E-state index is 12.0. The van der Waals surface area contributed by atoms with Crippen molar-refractivity contribution in [3.05, 3.63) is 23.8 Å². The zero-order valence-electron chi connectivity index (χ0n) is 19.9. The normalized spacial score (nSPS) is 12.4. The first-order valence-electron chi connectivity index (χ1n) is 11.6. The maximum Gasteiger partial charge on any atom is 0.336 e. The molecule has 0 unspecified atom stereocenters. The maximum atomic E-state index is 12.0. The van der Waals surface area contributed by atoms with Gasteiger partial charge in [0, 0.05) is 25.2 Å². The fourth-order valence-electron chi connectivity index (χ4n) is 3.04. The third kappa shape index (κ3) is 11.5. The number of hydrogen-bond acceptors (Lipinski definition) is 8. The van der Waals surface area contributed by atoms with Crippen LogP contribution < -0.4 is 21.3 Å². The molecular formula is C23H36N4O8. The summed E-state index contributed by atoms with van der Waals surface area (Å²) in [4.78, 5) is 47.1. The molecule has 0 saturated carbocycles. The summed E-state index contributed by atoms with van der Waals surface area (Å²) in [5, 5.41) is 49.1. The van der Waals surface area contributed by atoms with Crippen LogP contribution in [-0.4, -0.2) is 82.4 Å². The third-order valence-electron chi connectivity index (χ3n) is 5.03. The first kappa shape index (κ1) is 29.7. The van der Waals surface area contributed by atoms with Crippen LogP contribution in [0.1, 0.15) is 55.8 Å². The SMILES string of the molecule is CCCNC(=O)C[C@@](O)(CC(=O)NCCCCNCCCNC(=O)c1ccc(O)c(O)c1)C(=O)O. The molecule has 0 fully saturated rings. The van der Waals surface area contributed by atoms with E-state index >= 15 is 0 Å². The van der Waals surface area contributed by atoms with Crippen LogP contribution in [0.5, 0.6) is 11.5 Å². The van der Waals surface area contributed by atoms with Crippen LogP contribution in [0.2, 0.25) is 0 Å². The van der Waals surface area contributed by atoms with Gasteiger partial charge in [0.05, 0.1) is 12.8 Å². The standard InChI is InChI=1S/C23H36N4O8/c1-2-8-25-19(30)14-23(35,22(33)34)15-20(31)26-11-4-3-9-24-10-5-12-27-21(32)16-6-7-17(28)18(29)13-16/h6-7,13,24,28-29,35H,2-5,8-12,14-15H2,1H3,(H,25,30)(H,26,31)(H,27,32)(H,33,34)/t23-/m1/s1. The van der Waals surface area contributed by atoms with Crippen molar-refractivity contribution >= 4 is 23.7 Å². The van der Waals surface area contributed by atoms with Crippen LogP contribution >= 0.6 is 0 Å². The largest absolute Gasteiger partial charge is 0.504 e. The van der Waals surface area contributed by atoms with Gasteiger partial charge in [0.1, 0.15) is 0 Å². The summed E-state index contributed by atoms with van der Waals surface area (Å²) < 4.78 is 0. The van der Waals surface area contributed by atoms with E-state index in [1.54, 1.807) is 0 Å². The van der Waals surface area contributed by atoms with Gasteiger partial charge in [-0.25, -0.2) is 4.79 Å². The third-order valence-corrected chi connectivity index (χ3v) is 5.03. The van der Waals surface area contributed by atoms with Gasteiger partial charge in [0.2, 0.25) is 11.8 Å². The van der Waals surface area contributed by atoms with E-state index in [1.807, 2.05) is 6.92 Å². The van der Waals surface area contributed by atoms with E-state index in [0.717, 1.165) is 6.42 Å². The van der Waals surface area contributed by atoms with E-state index in [0.29, 0.717) is 52.0 Å². The van der Waals surface area contributed by atoms with E-state index < -0.39 is 36.2 Å². The topological polar surface area (TPSA) is 197 Å². The van der Waals surface area contributed by atoms with Gasteiger partial charge >= 0.3 is 5.97 Å². The predicted octanol–water partition coefficient (Wildman–Crippen LogP) is -0.174. The van der Waals surface area contributed by atoms with Crippen molar-refractivity contribution in [3.8, 4) is 11.5 Å². The minimum absolute atomic E-state index is 0.247. The lowest BCUT2D eigenvalue weighted by molar-refractivity contribution is -0.164. The van der Waals surface area contributed by atoms with Crippen LogP contribution in [0.25, 0.3) is 0 Å². The van der Waals surface area contributed by atoms with Crippen molar-refractivity contribution in [2.45, 2.75) is 51.0 Å². The molecule has 0 aliphatic rings. The number of carboxylic acids is 1.